The van der Waals surface area contributed by atoms with E-state index in [1.807, 2.05) is 0 Å². The van der Waals surface area contributed by atoms with Crippen LogP contribution in [0.5, 0.6) is 0 Å². The van der Waals surface area contributed by atoms with Gasteiger partial charge in [-0.3, -0.25) is 4.79 Å². The number of rotatable bonds is 4. The summed E-state index contributed by atoms with van der Waals surface area (Å²) in [5.41, 5.74) is -0.120. The number of hydrogen-bond donors (Lipinski definition) is 3. The van der Waals surface area contributed by atoms with Crippen LogP contribution in [0.2, 0.25) is 0 Å². The molecule has 0 radical (unpaired) electrons. The van der Waals surface area contributed by atoms with Crippen LogP contribution in [0.15, 0.2) is 17.2 Å². The number of anilines is 1. The van der Waals surface area contributed by atoms with Gasteiger partial charge < -0.3 is 15.4 Å². The highest BCUT2D eigenvalue weighted by molar-refractivity contribution is 5.31. The molecule has 0 aliphatic rings. The van der Waals surface area contributed by atoms with Crippen LogP contribution < -0.4 is 10.9 Å². The van der Waals surface area contributed by atoms with Crippen molar-refractivity contribution in [1.29, 1.82) is 0 Å². The van der Waals surface area contributed by atoms with Gasteiger partial charge in [-0.2, -0.15) is 0 Å². The van der Waals surface area contributed by atoms with Crippen LogP contribution >= 0.6 is 0 Å². The summed E-state index contributed by atoms with van der Waals surface area (Å²) in [6, 6.07) is 1.36. The van der Waals surface area contributed by atoms with E-state index < -0.39 is 6.10 Å². The summed E-state index contributed by atoms with van der Waals surface area (Å²) >= 11 is 0. The van der Waals surface area contributed by atoms with Gasteiger partial charge in [0.25, 0.3) is 5.56 Å². The molecule has 5 heteroatoms. The van der Waals surface area contributed by atoms with Crippen LogP contribution in [-0.2, 0) is 0 Å². The van der Waals surface area contributed by atoms with E-state index in [1.165, 1.54) is 12.4 Å². The molecular formula is C11H19N3O2. The van der Waals surface area contributed by atoms with Crippen LogP contribution in [0.1, 0.15) is 27.2 Å². The number of nitrogens with zero attached hydrogens (tertiary/aromatic N) is 1. The molecule has 1 heterocycles. The van der Waals surface area contributed by atoms with E-state index in [9.17, 15) is 9.90 Å². The highest BCUT2D eigenvalue weighted by Gasteiger charge is 2.16. The lowest BCUT2D eigenvalue weighted by Gasteiger charge is -2.22. The largest absolute Gasteiger partial charge is 0.391 e. The van der Waals surface area contributed by atoms with Gasteiger partial charge in [0.2, 0.25) is 0 Å². The van der Waals surface area contributed by atoms with E-state index in [2.05, 4.69) is 36.1 Å². The molecule has 1 unspecified atom stereocenters. The molecule has 1 aromatic rings. The number of H-pyrrole nitrogens is 1. The van der Waals surface area contributed by atoms with Crippen molar-refractivity contribution in [2.75, 3.05) is 11.9 Å². The Balaban J connectivity index is 2.43. The monoisotopic (exact) mass is 225 g/mol. The Hall–Kier alpha value is -1.36. The second-order valence-corrected chi connectivity index (χ2v) is 5.10. The van der Waals surface area contributed by atoms with Gasteiger partial charge in [0, 0.05) is 12.6 Å². The predicted molar refractivity (Wildman–Crippen MR) is 63.4 cm³/mol. The quantitative estimate of drug-likeness (QED) is 0.713. The molecule has 3 N–H and O–H groups in total. The molecule has 0 saturated heterocycles. The lowest BCUT2D eigenvalue weighted by Crippen LogP contribution is -2.25. The molecule has 5 nitrogen and oxygen atoms in total. The maximum atomic E-state index is 11.0. The van der Waals surface area contributed by atoms with E-state index in [0.29, 0.717) is 18.8 Å². The van der Waals surface area contributed by atoms with Crippen LogP contribution in [0.3, 0.4) is 0 Å². The molecule has 1 aromatic heterocycles. The summed E-state index contributed by atoms with van der Waals surface area (Å²) < 4.78 is 0. The maximum Gasteiger partial charge on any atom is 0.252 e. The highest BCUT2D eigenvalue weighted by atomic mass is 16.3. The highest BCUT2D eigenvalue weighted by Crippen LogP contribution is 2.20. The molecule has 0 bridgehead atoms. The molecule has 0 aromatic carbocycles. The lowest BCUT2D eigenvalue weighted by atomic mass is 9.89. The van der Waals surface area contributed by atoms with E-state index in [1.54, 1.807) is 0 Å². The molecule has 0 aliphatic carbocycles. The number of aromatic nitrogens is 2. The van der Waals surface area contributed by atoms with Crippen molar-refractivity contribution in [3.05, 3.63) is 22.7 Å². The fourth-order valence-electron chi connectivity index (χ4n) is 1.47. The zero-order valence-electron chi connectivity index (χ0n) is 9.95. The number of nitrogens with one attached hydrogen (secondary N) is 2. The molecule has 0 fully saturated rings. The minimum Gasteiger partial charge on any atom is -0.391 e. The fourth-order valence-corrected chi connectivity index (χ4v) is 1.47. The van der Waals surface area contributed by atoms with Gasteiger partial charge in [-0.25, -0.2) is 4.98 Å². The third kappa shape index (κ3) is 4.93. The normalized spacial score (nSPS) is 13.5. The first kappa shape index (κ1) is 12.7. The van der Waals surface area contributed by atoms with E-state index >= 15 is 0 Å². The van der Waals surface area contributed by atoms with Crippen LogP contribution in [0.4, 0.5) is 5.82 Å². The van der Waals surface area contributed by atoms with Gasteiger partial charge in [-0.1, -0.05) is 20.8 Å². The number of hydrogen-bond acceptors (Lipinski definition) is 4. The minimum atomic E-state index is -0.443. The summed E-state index contributed by atoms with van der Waals surface area (Å²) in [5.74, 6) is 0.483. The average Bonchev–Trinajstić information content (AvgIpc) is 2.12. The molecular weight excluding hydrogens is 206 g/mol. The number of aliphatic hydroxyl groups is 1. The molecule has 0 aliphatic heterocycles. The number of aliphatic hydroxyl groups excluding tert-OH is 1. The van der Waals surface area contributed by atoms with Gasteiger partial charge in [-0.15, -0.1) is 0 Å². The van der Waals surface area contributed by atoms with Crippen molar-refractivity contribution in [3.8, 4) is 0 Å². The third-order valence-electron chi connectivity index (χ3n) is 2.05. The lowest BCUT2D eigenvalue weighted by molar-refractivity contribution is 0.132. The first-order chi connectivity index (χ1) is 7.37. The van der Waals surface area contributed by atoms with E-state index in [0.717, 1.165) is 0 Å². The Morgan fingerprint density at radius 3 is 2.81 bits per heavy atom. The van der Waals surface area contributed by atoms with Gasteiger partial charge in [0.05, 0.1) is 12.4 Å². The summed E-state index contributed by atoms with van der Waals surface area (Å²) in [4.78, 5) is 17.3. The van der Waals surface area contributed by atoms with Crippen molar-refractivity contribution in [3.63, 3.8) is 0 Å². The first-order valence-electron chi connectivity index (χ1n) is 5.33. The predicted octanol–water partition coefficient (Wildman–Crippen LogP) is 0.979. The Morgan fingerprint density at radius 2 is 2.25 bits per heavy atom. The van der Waals surface area contributed by atoms with E-state index in [-0.39, 0.29) is 11.0 Å². The second kappa shape index (κ2) is 5.12. The topological polar surface area (TPSA) is 78.0 Å². The van der Waals surface area contributed by atoms with Gasteiger partial charge >= 0.3 is 0 Å². The Bertz CT molecular complexity index is 381. The van der Waals surface area contributed by atoms with Crippen LogP contribution in [0, 0.1) is 5.41 Å². The molecule has 0 amide bonds. The van der Waals surface area contributed by atoms with Crippen LogP contribution in [-0.4, -0.2) is 27.7 Å². The molecule has 16 heavy (non-hydrogen) atoms. The van der Waals surface area contributed by atoms with Gasteiger partial charge in [0.1, 0.15) is 5.82 Å². The minimum absolute atomic E-state index is 0.0860. The SMILES string of the molecule is CC(C)(C)CC(O)CNc1cc(=O)[nH]cn1. The van der Waals surface area contributed by atoms with Crippen molar-refractivity contribution in [2.24, 2.45) is 5.41 Å². The van der Waals surface area contributed by atoms with Crippen molar-refractivity contribution in [2.45, 2.75) is 33.3 Å². The Kier molecular flexibility index (Phi) is 4.06. The third-order valence-corrected chi connectivity index (χ3v) is 2.05. The molecule has 90 valence electrons. The fraction of sp³-hybridized carbons (Fsp3) is 0.636. The molecule has 0 saturated carbocycles. The van der Waals surface area contributed by atoms with Crippen molar-refractivity contribution < 1.29 is 5.11 Å². The molecule has 0 spiro atoms. The Morgan fingerprint density at radius 1 is 1.56 bits per heavy atom. The van der Waals surface area contributed by atoms with Gasteiger partial charge in [0.15, 0.2) is 0 Å². The first-order valence-corrected chi connectivity index (χ1v) is 5.33. The summed E-state index contributed by atoms with van der Waals surface area (Å²) in [6.45, 7) is 6.61. The Labute approximate surface area is 94.9 Å². The summed E-state index contributed by atoms with van der Waals surface area (Å²) in [5, 5.41) is 12.7. The summed E-state index contributed by atoms with van der Waals surface area (Å²) in [7, 11) is 0. The standard InChI is InChI=1S/C11H19N3O2/c1-11(2,3)5-8(15)6-12-9-4-10(16)14-7-13-9/h4,7-8,15H,5-6H2,1-3H3,(H2,12,13,14,16). The zero-order chi connectivity index (χ0) is 12.2. The van der Waals surface area contributed by atoms with Crippen LogP contribution in [0.25, 0.3) is 0 Å². The van der Waals surface area contributed by atoms with Gasteiger partial charge in [-0.05, 0) is 11.8 Å². The number of aromatic amines is 1. The second-order valence-electron chi connectivity index (χ2n) is 5.10. The van der Waals surface area contributed by atoms with Crippen molar-refractivity contribution >= 4 is 5.82 Å². The summed E-state index contributed by atoms with van der Waals surface area (Å²) in [6.07, 6.45) is 1.59. The van der Waals surface area contributed by atoms with Crippen molar-refractivity contribution in [1.82, 2.24) is 9.97 Å². The average molecular weight is 225 g/mol. The molecule has 1 atom stereocenters. The zero-order valence-corrected chi connectivity index (χ0v) is 9.95. The van der Waals surface area contributed by atoms with E-state index in [4.69, 9.17) is 0 Å². The smallest absolute Gasteiger partial charge is 0.252 e. The molecule has 1 rings (SSSR count). The maximum absolute atomic E-state index is 11.0.